The Labute approximate surface area is 133 Å². The van der Waals surface area contributed by atoms with Gasteiger partial charge < -0.3 is 9.05 Å². The highest BCUT2D eigenvalue weighted by molar-refractivity contribution is 7.99. The van der Waals surface area contributed by atoms with Crippen molar-refractivity contribution in [1.29, 1.82) is 0 Å². The Bertz CT molecular complexity index is 645. The van der Waals surface area contributed by atoms with Crippen LogP contribution in [0.5, 0.6) is 0 Å². The largest absolute Gasteiger partial charge is 0.338 e. The predicted octanol–water partition coefficient (Wildman–Crippen LogP) is 2.92. The van der Waals surface area contributed by atoms with Gasteiger partial charge in [0.1, 0.15) is 0 Å². The fourth-order valence-corrected chi connectivity index (χ4v) is 2.26. The molecule has 8 heteroatoms. The van der Waals surface area contributed by atoms with Gasteiger partial charge in [-0.05, 0) is 13.8 Å². The van der Waals surface area contributed by atoms with Crippen molar-refractivity contribution in [3.63, 3.8) is 0 Å². The molecule has 0 aromatic carbocycles. The Kier molecular flexibility index (Phi) is 4.90. The first-order chi connectivity index (χ1) is 10.3. The van der Waals surface area contributed by atoms with Gasteiger partial charge in [0.25, 0.3) is 0 Å². The molecule has 0 saturated carbocycles. The fourth-order valence-electron chi connectivity index (χ4n) is 1.54. The van der Waals surface area contributed by atoms with E-state index in [1.165, 1.54) is 11.8 Å². The predicted molar refractivity (Wildman–Crippen MR) is 83.6 cm³/mol. The third-order valence-corrected chi connectivity index (χ3v) is 3.97. The van der Waals surface area contributed by atoms with E-state index in [1.807, 2.05) is 27.7 Å². The van der Waals surface area contributed by atoms with Crippen molar-refractivity contribution in [3.8, 4) is 0 Å². The van der Waals surface area contributed by atoms with Crippen LogP contribution in [0.4, 0.5) is 5.88 Å². The van der Waals surface area contributed by atoms with Gasteiger partial charge in [-0.1, -0.05) is 31.1 Å². The average Bonchev–Trinajstić information content (AvgIpc) is 3.04. The summed E-state index contributed by atoms with van der Waals surface area (Å²) in [7, 11) is 0. The summed E-state index contributed by atoms with van der Waals surface area (Å²) in [6.45, 7) is 9.66. The lowest BCUT2D eigenvalue weighted by Crippen LogP contribution is -2.22. The Hall–Kier alpha value is -1.83. The van der Waals surface area contributed by atoms with Crippen molar-refractivity contribution in [1.82, 2.24) is 15.3 Å². The molecule has 2 aromatic rings. The highest BCUT2D eigenvalue weighted by Gasteiger charge is 2.22. The van der Waals surface area contributed by atoms with Gasteiger partial charge in [0, 0.05) is 11.5 Å². The number of thioether (sulfide) groups is 1. The second kappa shape index (κ2) is 6.51. The maximum absolute atomic E-state index is 12.0. The van der Waals surface area contributed by atoms with Crippen LogP contribution < -0.4 is 5.32 Å². The van der Waals surface area contributed by atoms with Crippen LogP contribution in [0.2, 0.25) is 0 Å². The lowest BCUT2D eigenvalue weighted by molar-refractivity contribution is -0.115. The molecule has 0 spiro atoms. The minimum atomic E-state index is -0.282. The SMILES string of the molecule is Cc1cc(NC(=O)[C@@H](C)SCc2nc(C(C)(C)C)no2)on1. The zero-order valence-electron chi connectivity index (χ0n) is 13.3. The van der Waals surface area contributed by atoms with Crippen LogP contribution in [0.15, 0.2) is 15.1 Å². The summed E-state index contributed by atoms with van der Waals surface area (Å²) in [6, 6.07) is 1.67. The van der Waals surface area contributed by atoms with Crippen LogP contribution in [0.25, 0.3) is 0 Å². The summed E-state index contributed by atoms with van der Waals surface area (Å²) in [4.78, 5) is 16.4. The first-order valence-corrected chi connectivity index (χ1v) is 7.99. The Morgan fingerprint density at radius 2 is 2.09 bits per heavy atom. The van der Waals surface area contributed by atoms with Crippen molar-refractivity contribution in [2.45, 2.75) is 51.0 Å². The molecule has 2 rings (SSSR count). The van der Waals surface area contributed by atoms with Gasteiger partial charge in [-0.25, -0.2) is 0 Å². The van der Waals surface area contributed by atoms with Gasteiger partial charge in [0.2, 0.25) is 17.7 Å². The van der Waals surface area contributed by atoms with Crippen molar-refractivity contribution < 1.29 is 13.8 Å². The number of carbonyl (C=O) groups is 1. The number of nitrogens with zero attached hydrogens (tertiary/aromatic N) is 3. The molecule has 1 N–H and O–H groups in total. The van der Waals surface area contributed by atoms with E-state index < -0.39 is 0 Å². The number of amides is 1. The van der Waals surface area contributed by atoms with E-state index in [4.69, 9.17) is 9.05 Å². The normalized spacial score (nSPS) is 13.1. The second-order valence-corrected chi connectivity index (χ2v) is 7.37. The van der Waals surface area contributed by atoms with Gasteiger partial charge in [-0.3, -0.25) is 10.1 Å². The first kappa shape index (κ1) is 16.5. The number of nitrogens with one attached hydrogen (secondary N) is 1. The molecule has 0 aliphatic carbocycles. The molecule has 0 aliphatic rings. The van der Waals surface area contributed by atoms with Crippen LogP contribution in [-0.2, 0) is 16.0 Å². The summed E-state index contributed by atoms with van der Waals surface area (Å²) in [5.41, 5.74) is 0.565. The van der Waals surface area contributed by atoms with Crippen molar-refractivity contribution in [2.75, 3.05) is 5.32 Å². The quantitative estimate of drug-likeness (QED) is 0.903. The molecule has 22 heavy (non-hydrogen) atoms. The highest BCUT2D eigenvalue weighted by Crippen LogP contribution is 2.22. The van der Waals surface area contributed by atoms with Crippen LogP contribution >= 0.6 is 11.8 Å². The zero-order chi connectivity index (χ0) is 16.3. The molecular weight excluding hydrogens is 304 g/mol. The van der Waals surface area contributed by atoms with Gasteiger partial charge >= 0.3 is 0 Å². The number of hydrogen-bond acceptors (Lipinski definition) is 7. The Balaban J connectivity index is 1.85. The van der Waals surface area contributed by atoms with Crippen LogP contribution in [0.3, 0.4) is 0 Å². The summed E-state index contributed by atoms with van der Waals surface area (Å²) >= 11 is 1.42. The molecule has 0 bridgehead atoms. The third kappa shape index (κ3) is 4.33. The smallest absolute Gasteiger partial charge is 0.239 e. The number of rotatable bonds is 5. The second-order valence-electron chi connectivity index (χ2n) is 6.04. The molecule has 1 atom stereocenters. The maximum atomic E-state index is 12.0. The topological polar surface area (TPSA) is 94.1 Å². The molecule has 1 amide bonds. The van der Waals surface area contributed by atoms with E-state index in [0.717, 1.165) is 5.69 Å². The average molecular weight is 324 g/mol. The molecular formula is C14H20N4O3S. The molecule has 120 valence electrons. The fraction of sp³-hybridized carbons (Fsp3) is 0.571. The van der Waals surface area contributed by atoms with Gasteiger partial charge in [-0.15, -0.1) is 11.8 Å². The molecule has 0 radical (unpaired) electrons. The van der Waals surface area contributed by atoms with E-state index >= 15 is 0 Å². The maximum Gasteiger partial charge on any atom is 0.239 e. The van der Waals surface area contributed by atoms with Crippen molar-refractivity contribution >= 4 is 23.6 Å². The molecule has 0 aliphatic heterocycles. The highest BCUT2D eigenvalue weighted by atomic mass is 32.2. The molecule has 2 aromatic heterocycles. The lowest BCUT2D eigenvalue weighted by atomic mass is 9.96. The van der Waals surface area contributed by atoms with E-state index in [9.17, 15) is 4.79 Å². The van der Waals surface area contributed by atoms with Crippen LogP contribution in [0.1, 0.15) is 45.1 Å². The third-order valence-electron chi connectivity index (χ3n) is 2.84. The van der Waals surface area contributed by atoms with E-state index in [1.54, 1.807) is 13.0 Å². The molecule has 0 fully saturated rings. The van der Waals surface area contributed by atoms with E-state index in [-0.39, 0.29) is 16.6 Å². The molecule has 0 saturated heterocycles. The lowest BCUT2D eigenvalue weighted by Gasteiger charge is -2.11. The standard InChI is InChI=1S/C14H20N4O3S/c1-8-6-10(20-17-8)15-12(19)9(2)22-7-11-16-13(18-21-11)14(3,4)5/h6,9H,7H2,1-5H3,(H,15,19)/t9-/m1/s1. The summed E-state index contributed by atoms with van der Waals surface area (Å²) in [6.07, 6.45) is 0. The summed E-state index contributed by atoms with van der Waals surface area (Å²) in [5.74, 6) is 1.86. The number of aromatic nitrogens is 3. The molecule has 0 unspecified atom stereocenters. The zero-order valence-corrected chi connectivity index (χ0v) is 14.2. The van der Waals surface area contributed by atoms with Gasteiger partial charge in [0.15, 0.2) is 5.82 Å². The number of carbonyl (C=O) groups excluding carboxylic acids is 1. The number of hydrogen-bond donors (Lipinski definition) is 1. The monoisotopic (exact) mass is 324 g/mol. The molecule has 2 heterocycles. The van der Waals surface area contributed by atoms with Crippen LogP contribution in [-0.4, -0.2) is 26.5 Å². The Morgan fingerprint density at radius 3 is 2.64 bits per heavy atom. The Morgan fingerprint density at radius 1 is 1.36 bits per heavy atom. The van der Waals surface area contributed by atoms with Gasteiger partial charge in [-0.2, -0.15) is 4.98 Å². The van der Waals surface area contributed by atoms with Gasteiger partial charge in [0.05, 0.1) is 16.7 Å². The summed E-state index contributed by atoms with van der Waals surface area (Å²) in [5, 5.41) is 10.1. The first-order valence-electron chi connectivity index (χ1n) is 6.94. The number of aryl methyl sites for hydroxylation is 1. The van der Waals surface area contributed by atoms with Crippen molar-refractivity contribution in [3.05, 3.63) is 23.5 Å². The van der Waals surface area contributed by atoms with E-state index in [0.29, 0.717) is 23.4 Å². The molecule has 7 nitrogen and oxygen atoms in total. The minimum absolute atomic E-state index is 0.153. The number of anilines is 1. The van der Waals surface area contributed by atoms with Crippen molar-refractivity contribution in [2.24, 2.45) is 0 Å². The van der Waals surface area contributed by atoms with E-state index in [2.05, 4.69) is 20.6 Å². The van der Waals surface area contributed by atoms with Crippen LogP contribution in [0, 0.1) is 6.92 Å². The summed E-state index contributed by atoms with van der Waals surface area (Å²) < 4.78 is 10.2. The minimum Gasteiger partial charge on any atom is -0.338 e.